The van der Waals surface area contributed by atoms with Gasteiger partial charge in [0.15, 0.2) is 0 Å². The molecule has 0 spiro atoms. The second-order valence-electron chi connectivity index (χ2n) is 4.32. The van der Waals surface area contributed by atoms with Crippen LogP contribution < -0.4 is 0 Å². The normalized spacial score (nSPS) is 11.8. The Labute approximate surface area is 103 Å². The van der Waals surface area contributed by atoms with Crippen LogP contribution in [0.3, 0.4) is 0 Å². The minimum Gasteiger partial charge on any atom is -0.207 e. The van der Waals surface area contributed by atoms with Gasteiger partial charge in [0.2, 0.25) is 10.0 Å². The predicted molar refractivity (Wildman–Crippen MR) is 65.8 cm³/mol. The number of hydrogen-bond acceptors (Lipinski definition) is 3. The summed E-state index contributed by atoms with van der Waals surface area (Å²) in [7, 11) is -1.93. The molecule has 0 amide bonds. The number of nitriles is 1. The molecule has 0 aliphatic heterocycles. The molecule has 1 aromatic carbocycles. The standard InChI is InChI=1S/C12H16N2O2S/c1-10(2)9-14(3)17(15,16)12-6-4-5-11(7-12)8-13/h4-7,10H,9H2,1-3H3. The maximum Gasteiger partial charge on any atom is 0.242 e. The van der Waals surface area contributed by atoms with E-state index in [2.05, 4.69) is 0 Å². The fourth-order valence-electron chi connectivity index (χ4n) is 1.52. The van der Waals surface area contributed by atoms with E-state index >= 15 is 0 Å². The Balaban J connectivity index is 3.09. The van der Waals surface area contributed by atoms with Crippen LogP contribution in [0.2, 0.25) is 0 Å². The molecule has 0 saturated heterocycles. The van der Waals surface area contributed by atoms with Crippen molar-refractivity contribution in [2.45, 2.75) is 18.7 Å². The van der Waals surface area contributed by atoms with Gasteiger partial charge in [0.1, 0.15) is 0 Å². The first-order valence-electron chi connectivity index (χ1n) is 5.34. The zero-order valence-electron chi connectivity index (χ0n) is 10.2. The van der Waals surface area contributed by atoms with Crippen LogP contribution in [0.5, 0.6) is 0 Å². The van der Waals surface area contributed by atoms with Crippen molar-refractivity contribution in [1.29, 1.82) is 5.26 Å². The first-order chi connectivity index (χ1) is 7.87. The van der Waals surface area contributed by atoms with Crippen LogP contribution in [-0.4, -0.2) is 26.3 Å². The number of rotatable bonds is 4. The molecule has 5 heteroatoms. The minimum atomic E-state index is -3.48. The third-order valence-corrected chi connectivity index (χ3v) is 4.11. The lowest BCUT2D eigenvalue weighted by Crippen LogP contribution is -2.30. The van der Waals surface area contributed by atoms with Crippen molar-refractivity contribution in [1.82, 2.24) is 4.31 Å². The zero-order chi connectivity index (χ0) is 13.1. The Morgan fingerprint density at radius 3 is 2.59 bits per heavy atom. The summed E-state index contributed by atoms with van der Waals surface area (Å²) in [5.41, 5.74) is 0.351. The molecule has 1 aromatic rings. The van der Waals surface area contributed by atoms with Crippen LogP contribution in [0.4, 0.5) is 0 Å². The molecule has 4 nitrogen and oxygen atoms in total. The van der Waals surface area contributed by atoms with Gasteiger partial charge in [0.25, 0.3) is 0 Å². The Hall–Kier alpha value is -1.38. The molecule has 0 unspecified atom stereocenters. The van der Waals surface area contributed by atoms with E-state index in [4.69, 9.17) is 5.26 Å². The molecule has 92 valence electrons. The van der Waals surface area contributed by atoms with Gasteiger partial charge in [-0.15, -0.1) is 0 Å². The van der Waals surface area contributed by atoms with E-state index in [9.17, 15) is 8.42 Å². The summed E-state index contributed by atoms with van der Waals surface area (Å²) in [6.45, 7) is 4.37. The summed E-state index contributed by atoms with van der Waals surface area (Å²) in [5, 5.41) is 8.75. The molecular weight excluding hydrogens is 236 g/mol. The summed E-state index contributed by atoms with van der Waals surface area (Å²) in [6, 6.07) is 8.00. The average Bonchev–Trinajstić information content (AvgIpc) is 2.28. The van der Waals surface area contributed by atoms with Crippen LogP contribution in [0, 0.1) is 17.2 Å². The van der Waals surface area contributed by atoms with Gasteiger partial charge in [-0.05, 0) is 24.1 Å². The van der Waals surface area contributed by atoms with Gasteiger partial charge >= 0.3 is 0 Å². The van der Waals surface area contributed by atoms with Gasteiger partial charge in [-0.25, -0.2) is 12.7 Å². The summed E-state index contributed by atoms with van der Waals surface area (Å²) in [5.74, 6) is 0.258. The molecule has 0 saturated carbocycles. The van der Waals surface area contributed by atoms with E-state index in [0.29, 0.717) is 12.1 Å². The number of benzene rings is 1. The molecule has 0 aromatic heterocycles. The Morgan fingerprint density at radius 1 is 1.41 bits per heavy atom. The fraction of sp³-hybridized carbons (Fsp3) is 0.417. The maximum absolute atomic E-state index is 12.2. The van der Waals surface area contributed by atoms with Gasteiger partial charge in [0.05, 0.1) is 16.5 Å². The van der Waals surface area contributed by atoms with Crippen LogP contribution in [0.25, 0.3) is 0 Å². The monoisotopic (exact) mass is 252 g/mol. The van der Waals surface area contributed by atoms with Crippen LogP contribution in [0.1, 0.15) is 19.4 Å². The van der Waals surface area contributed by atoms with Crippen molar-refractivity contribution in [2.24, 2.45) is 5.92 Å². The SMILES string of the molecule is CC(C)CN(C)S(=O)(=O)c1cccc(C#N)c1. The van der Waals surface area contributed by atoms with Gasteiger partial charge in [-0.3, -0.25) is 0 Å². The molecular formula is C12H16N2O2S. The quantitative estimate of drug-likeness (QED) is 0.821. The fourth-order valence-corrected chi connectivity index (χ4v) is 2.90. The van der Waals surface area contributed by atoms with Gasteiger partial charge in [-0.2, -0.15) is 5.26 Å². The van der Waals surface area contributed by atoms with Crippen molar-refractivity contribution in [3.05, 3.63) is 29.8 Å². The van der Waals surface area contributed by atoms with E-state index < -0.39 is 10.0 Å². The second kappa shape index (κ2) is 5.30. The molecule has 17 heavy (non-hydrogen) atoms. The van der Waals surface area contributed by atoms with Gasteiger partial charge in [0, 0.05) is 13.6 Å². The van der Waals surface area contributed by atoms with Crippen molar-refractivity contribution >= 4 is 10.0 Å². The molecule has 0 N–H and O–H groups in total. The average molecular weight is 252 g/mol. The molecule has 0 bridgehead atoms. The predicted octanol–water partition coefficient (Wildman–Crippen LogP) is 1.83. The Kier molecular flexibility index (Phi) is 4.27. The molecule has 0 atom stereocenters. The Morgan fingerprint density at radius 2 is 2.06 bits per heavy atom. The van der Waals surface area contributed by atoms with Crippen molar-refractivity contribution in [3.63, 3.8) is 0 Å². The van der Waals surface area contributed by atoms with Crippen molar-refractivity contribution < 1.29 is 8.42 Å². The van der Waals surface area contributed by atoms with Gasteiger partial charge in [-0.1, -0.05) is 19.9 Å². The highest BCUT2D eigenvalue weighted by Gasteiger charge is 2.21. The number of nitrogens with zero attached hydrogens (tertiary/aromatic N) is 2. The summed E-state index contributed by atoms with van der Waals surface area (Å²) in [6.07, 6.45) is 0. The highest BCUT2D eigenvalue weighted by molar-refractivity contribution is 7.89. The lowest BCUT2D eigenvalue weighted by molar-refractivity contribution is 0.417. The summed E-state index contributed by atoms with van der Waals surface area (Å²) in [4.78, 5) is 0.166. The summed E-state index contributed by atoms with van der Waals surface area (Å²) < 4.78 is 25.6. The largest absolute Gasteiger partial charge is 0.242 e. The zero-order valence-corrected chi connectivity index (χ0v) is 11.0. The Bertz CT molecular complexity index is 530. The van der Waals surface area contributed by atoms with Crippen LogP contribution >= 0.6 is 0 Å². The van der Waals surface area contributed by atoms with Crippen LogP contribution in [-0.2, 0) is 10.0 Å². The van der Waals surface area contributed by atoms with Crippen LogP contribution in [0.15, 0.2) is 29.2 Å². The van der Waals surface area contributed by atoms with E-state index in [1.54, 1.807) is 19.2 Å². The number of sulfonamides is 1. The summed E-state index contributed by atoms with van der Waals surface area (Å²) >= 11 is 0. The molecule has 0 heterocycles. The first-order valence-corrected chi connectivity index (χ1v) is 6.78. The molecule has 1 rings (SSSR count). The molecule has 0 aliphatic rings. The third kappa shape index (κ3) is 3.29. The van der Waals surface area contributed by atoms with E-state index in [1.165, 1.54) is 16.4 Å². The smallest absolute Gasteiger partial charge is 0.207 e. The van der Waals surface area contributed by atoms with E-state index in [0.717, 1.165) is 0 Å². The molecule has 0 aliphatic carbocycles. The van der Waals surface area contributed by atoms with E-state index in [1.807, 2.05) is 19.9 Å². The number of hydrogen-bond donors (Lipinski definition) is 0. The maximum atomic E-state index is 12.2. The lowest BCUT2D eigenvalue weighted by atomic mass is 10.2. The highest BCUT2D eigenvalue weighted by Crippen LogP contribution is 2.16. The third-order valence-electron chi connectivity index (χ3n) is 2.29. The first kappa shape index (κ1) is 13.7. The second-order valence-corrected chi connectivity index (χ2v) is 6.36. The molecule has 0 fully saturated rings. The highest BCUT2D eigenvalue weighted by atomic mass is 32.2. The topological polar surface area (TPSA) is 61.2 Å². The van der Waals surface area contributed by atoms with E-state index in [-0.39, 0.29) is 10.8 Å². The molecule has 0 radical (unpaired) electrons. The van der Waals surface area contributed by atoms with Crippen molar-refractivity contribution in [2.75, 3.05) is 13.6 Å². The minimum absolute atomic E-state index is 0.166. The lowest BCUT2D eigenvalue weighted by Gasteiger charge is -2.19. The van der Waals surface area contributed by atoms with Gasteiger partial charge < -0.3 is 0 Å². The van der Waals surface area contributed by atoms with Crippen molar-refractivity contribution in [3.8, 4) is 6.07 Å².